The molecule has 22 heavy (non-hydrogen) atoms. The van der Waals surface area contributed by atoms with Crippen LogP contribution in [0.4, 0.5) is 0 Å². The molecule has 0 unspecified atom stereocenters. The third-order valence-electron chi connectivity index (χ3n) is 4.01. The molecule has 3 nitrogen and oxygen atoms in total. The second-order valence-corrected chi connectivity index (χ2v) is 5.93. The maximum atomic E-state index is 6.15. The zero-order chi connectivity index (χ0) is 15.1. The minimum Gasteiger partial charge on any atom is -0.488 e. The Morgan fingerprint density at radius 1 is 1.18 bits per heavy atom. The van der Waals surface area contributed by atoms with Crippen molar-refractivity contribution in [3.05, 3.63) is 70.4 Å². The number of hydrogen-bond donors (Lipinski definition) is 0. The Balaban J connectivity index is 1.81. The smallest absolute Gasteiger partial charge is 0.129 e. The number of nitrogens with zero attached hydrogens (tertiary/aromatic N) is 2. The van der Waals surface area contributed by atoms with E-state index in [2.05, 4.69) is 24.3 Å². The SMILES string of the molecule is Cn1nc(Cc2ccccc2)c2c1-c1cc(Cl)ccc1OC2. The van der Waals surface area contributed by atoms with Crippen molar-refractivity contribution in [2.45, 2.75) is 13.0 Å². The molecular weight excluding hydrogens is 296 g/mol. The maximum absolute atomic E-state index is 6.15. The van der Waals surface area contributed by atoms with Gasteiger partial charge in [-0.05, 0) is 23.8 Å². The summed E-state index contributed by atoms with van der Waals surface area (Å²) in [4.78, 5) is 0. The van der Waals surface area contributed by atoms with E-state index in [1.165, 1.54) is 5.56 Å². The van der Waals surface area contributed by atoms with Crippen molar-refractivity contribution in [1.82, 2.24) is 9.78 Å². The summed E-state index contributed by atoms with van der Waals surface area (Å²) in [5.74, 6) is 0.867. The van der Waals surface area contributed by atoms with E-state index in [1.807, 2.05) is 36.0 Å². The number of ether oxygens (including phenoxy) is 1. The molecular formula is C18H15ClN2O. The van der Waals surface area contributed by atoms with Crippen LogP contribution in [0.5, 0.6) is 5.75 Å². The average molecular weight is 311 g/mol. The lowest BCUT2D eigenvalue weighted by Gasteiger charge is -2.19. The molecule has 0 saturated carbocycles. The number of benzene rings is 2. The molecule has 110 valence electrons. The topological polar surface area (TPSA) is 27.1 Å². The van der Waals surface area contributed by atoms with Crippen molar-refractivity contribution in [1.29, 1.82) is 0 Å². The van der Waals surface area contributed by atoms with E-state index in [1.54, 1.807) is 0 Å². The maximum Gasteiger partial charge on any atom is 0.129 e. The van der Waals surface area contributed by atoms with Crippen LogP contribution in [0.3, 0.4) is 0 Å². The molecule has 4 heteroatoms. The highest BCUT2D eigenvalue weighted by Gasteiger charge is 2.25. The largest absolute Gasteiger partial charge is 0.488 e. The quantitative estimate of drug-likeness (QED) is 0.708. The Labute approximate surface area is 134 Å². The van der Waals surface area contributed by atoms with Gasteiger partial charge in [0.15, 0.2) is 0 Å². The lowest BCUT2D eigenvalue weighted by molar-refractivity contribution is 0.301. The minimum atomic E-state index is 0.556. The zero-order valence-electron chi connectivity index (χ0n) is 12.2. The Kier molecular flexibility index (Phi) is 3.16. The van der Waals surface area contributed by atoms with E-state index in [9.17, 15) is 0 Å². The van der Waals surface area contributed by atoms with Crippen LogP contribution in [0.1, 0.15) is 16.8 Å². The van der Waals surface area contributed by atoms with Crippen molar-refractivity contribution < 1.29 is 4.74 Å². The number of halogens is 1. The highest BCUT2D eigenvalue weighted by atomic mass is 35.5. The van der Waals surface area contributed by atoms with Crippen molar-refractivity contribution in [2.75, 3.05) is 0 Å². The molecule has 1 aliphatic heterocycles. The summed E-state index contributed by atoms with van der Waals surface area (Å²) >= 11 is 6.15. The van der Waals surface area contributed by atoms with E-state index in [0.717, 1.165) is 34.7 Å². The molecule has 2 heterocycles. The van der Waals surface area contributed by atoms with Gasteiger partial charge in [0.1, 0.15) is 12.4 Å². The molecule has 4 rings (SSSR count). The Hall–Kier alpha value is -2.26. The van der Waals surface area contributed by atoms with Crippen molar-refractivity contribution >= 4 is 11.6 Å². The first kappa shape index (κ1) is 13.4. The first-order valence-corrected chi connectivity index (χ1v) is 7.61. The van der Waals surface area contributed by atoms with Gasteiger partial charge in [0.2, 0.25) is 0 Å². The summed E-state index contributed by atoms with van der Waals surface area (Å²) in [5.41, 5.74) is 5.59. The molecule has 0 spiro atoms. The molecule has 0 bridgehead atoms. The Bertz CT molecular complexity index is 840. The molecule has 0 fully saturated rings. The van der Waals surface area contributed by atoms with E-state index in [4.69, 9.17) is 21.4 Å². The molecule has 0 N–H and O–H groups in total. The van der Waals surface area contributed by atoms with Gasteiger partial charge in [0.05, 0.1) is 11.4 Å². The van der Waals surface area contributed by atoms with Gasteiger partial charge in [-0.25, -0.2) is 0 Å². The van der Waals surface area contributed by atoms with Crippen molar-refractivity contribution in [2.24, 2.45) is 7.05 Å². The fourth-order valence-electron chi connectivity index (χ4n) is 3.01. The summed E-state index contributed by atoms with van der Waals surface area (Å²) in [7, 11) is 1.98. The molecule has 0 amide bonds. The highest BCUT2D eigenvalue weighted by Crippen LogP contribution is 2.40. The lowest BCUT2D eigenvalue weighted by atomic mass is 10.00. The number of rotatable bonds is 2. The van der Waals surface area contributed by atoms with Crippen LogP contribution < -0.4 is 4.74 Å². The molecule has 0 saturated heterocycles. The monoisotopic (exact) mass is 310 g/mol. The van der Waals surface area contributed by atoms with Gasteiger partial charge < -0.3 is 4.74 Å². The highest BCUT2D eigenvalue weighted by molar-refractivity contribution is 6.31. The van der Waals surface area contributed by atoms with Crippen LogP contribution in [0.2, 0.25) is 5.02 Å². The van der Waals surface area contributed by atoms with Crippen LogP contribution in [-0.4, -0.2) is 9.78 Å². The summed E-state index contributed by atoms with van der Waals surface area (Å²) in [6, 6.07) is 16.1. The van der Waals surface area contributed by atoms with Gasteiger partial charge in [0, 0.05) is 29.6 Å². The minimum absolute atomic E-state index is 0.556. The third-order valence-corrected chi connectivity index (χ3v) is 4.25. The van der Waals surface area contributed by atoms with Gasteiger partial charge in [-0.1, -0.05) is 41.9 Å². The zero-order valence-corrected chi connectivity index (χ0v) is 13.0. The number of aryl methyl sites for hydroxylation is 1. The molecule has 1 aromatic heterocycles. The number of hydrogen-bond acceptors (Lipinski definition) is 2. The van der Waals surface area contributed by atoms with Crippen LogP contribution >= 0.6 is 11.6 Å². The van der Waals surface area contributed by atoms with Gasteiger partial charge in [-0.15, -0.1) is 0 Å². The average Bonchev–Trinajstić information content (AvgIpc) is 2.85. The van der Waals surface area contributed by atoms with Crippen molar-refractivity contribution in [3.63, 3.8) is 0 Å². The fraction of sp³-hybridized carbons (Fsp3) is 0.167. The Morgan fingerprint density at radius 3 is 2.82 bits per heavy atom. The summed E-state index contributed by atoms with van der Waals surface area (Å²) in [5, 5.41) is 5.42. The van der Waals surface area contributed by atoms with Crippen LogP contribution in [0, 0.1) is 0 Å². The molecule has 0 radical (unpaired) electrons. The van der Waals surface area contributed by atoms with Gasteiger partial charge in [-0.3, -0.25) is 4.68 Å². The predicted octanol–water partition coefficient (Wildman–Crippen LogP) is 4.22. The lowest BCUT2D eigenvalue weighted by Crippen LogP contribution is -2.07. The standard InChI is InChI=1S/C18H15ClN2O/c1-21-18-14-10-13(19)7-8-17(14)22-11-15(18)16(20-21)9-12-5-3-2-4-6-12/h2-8,10H,9,11H2,1H3. The normalized spacial score (nSPS) is 12.5. The first-order valence-electron chi connectivity index (χ1n) is 7.24. The van der Waals surface area contributed by atoms with Gasteiger partial charge >= 0.3 is 0 Å². The predicted molar refractivity (Wildman–Crippen MR) is 87.2 cm³/mol. The van der Waals surface area contributed by atoms with Gasteiger partial charge in [-0.2, -0.15) is 5.10 Å². The van der Waals surface area contributed by atoms with Crippen LogP contribution in [0.15, 0.2) is 48.5 Å². The summed E-state index contributed by atoms with van der Waals surface area (Å²) in [6.45, 7) is 0.556. The van der Waals surface area contributed by atoms with Gasteiger partial charge in [0.25, 0.3) is 0 Å². The fourth-order valence-corrected chi connectivity index (χ4v) is 3.18. The molecule has 3 aromatic rings. The Morgan fingerprint density at radius 2 is 2.00 bits per heavy atom. The van der Waals surface area contributed by atoms with Crippen LogP contribution in [0.25, 0.3) is 11.3 Å². The molecule has 1 aliphatic rings. The first-order chi connectivity index (χ1) is 10.7. The molecule has 0 atom stereocenters. The second-order valence-electron chi connectivity index (χ2n) is 5.49. The second kappa shape index (κ2) is 5.18. The molecule has 0 aliphatic carbocycles. The third kappa shape index (κ3) is 2.18. The van der Waals surface area contributed by atoms with E-state index < -0.39 is 0 Å². The summed E-state index contributed by atoms with van der Waals surface area (Å²) in [6.07, 6.45) is 0.809. The summed E-state index contributed by atoms with van der Waals surface area (Å²) < 4.78 is 7.82. The van der Waals surface area contributed by atoms with E-state index in [0.29, 0.717) is 11.6 Å². The van der Waals surface area contributed by atoms with Crippen LogP contribution in [-0.2, 0) is 20.1 Å². The van der Waals surface area contributed by atoms with E-state index >= 15 is 0 Å². The molecule has 2 aromatic carbocycles. The van der Waals surface area contributed by atoms with E-state index in [-0.39, 0.29) is 0 Å². The van der Waals surface area contributed by atoms with Crippen molar-refractivity contribution in [3.8, 4) is 17.0 Å². The number of fused-ring (bicyclic) bond motifs is 3. The number of aromatic nitrogens is 2.